The lowest BCUT2D eigenvalue weighted by molar-refractivity contribution is 0.414. The van der Waals surface area contributed by atoms with Gasteiger partial charge in [-0.15, -0.1) is 0 Å². The number of anilines is 1. The van der Waals surface area contributed by atoms with Gasteiger partial charge in [0.15, 0.2) is 0 Å². The maximum Gasteiger partial charge on any atom is 0.127 e. The average Bonchev–Trinajstić information content (AvgIpc) is 2.28. The molecule has 3 nitrogen and oxygen atoms in total. The van der Waals surface area contributed by atoms with Gasteiger partial charge in [-0.05, 0) is 47.4 Å². The van der Waals surface area contributed by atoms with Gasteiger partial charge in [-0.3, -0.25) is 0 Å². The summed E-state index contributed by atoms with van der Waals surface area (Å²) >= 11 is 3.36. The van der Waals surface area contributed by atoms with E-state index in [1.165, 1.54) is 19.3 Å². The monoisotopic (exact) mass is 269 g/mol. The van der Waals surface area contributed by atoms with Crippen molar-refractivity contribution in [3.8, 4) is 0 Å². The van der Waals surface area contributed by atoms with Gasteiger partial charge in [-0.25, -0.2) is 4.98 Å². The van der Waals surface area contributed by atoms with Crippen molar-refractivity contribution < 1.29 is 0 Å². The first-order valence-corrected chi connectivity index (χ1v) is 6.24. The van der Waals surface area contributed by atoms with Gasteiger partial charge in [0.2, 0.25) is 0 Å². The molecule has 1 aromatic heterocycles. The summed E-state index contributed by atoms with van der Waals surface area (Å²) in [6.45, 7) is 2.11. The molecule has 2 N–H and O–H groups in total. The molecule has 1 unspecified atom stereocenters. The number of halogens is 1. The second-order valence-electron chi connectivity index (χ2n) is 3.87. The highest BCUT2D eigenvalue weighted by atomic mass is 79.9. The molecule has 15 heavy (non-hydrogen) atoms. The van der Waals surface area contributed by atoms with E-state index in [2.05, 4.69) is 31.5 Å². The molecule has 1 aromatic rings. The van der Waals surface area contributed by atoms with Crippen LogP contribution in [-0.2, 0) is 0 Å². The Hall–Kier alpha value is -0.610. The summed E-state index contributed by atoms with van der Waals surface area (Å²) in [4.78, 5) is 4.34. The highest BCUT2D eigenvalue weighted by molar-refractivity contribution is 9.10. The first kappa shape index (κ1) is 10.9. The van der Waals surface area contributed by atoms with Crippen molar-refractivity contribution in [3.63, 3.8) is 0 Å². The largest absolute Gasteiger partial charge is 0.368 e. The molecule has 0 saturated carbocycles. The quantitative estimate of drug-likeness (QED) is 0.828. The Balaban J connectivity index is 1.81. The van der Waals surface area contributed by atoms with Gasteiger partial charge in [-0.1, -0.05) is 12.5 Å². The molecule has 2 rings (SSSR count). The summed E-state index contributed by atoms with van der Waals surface area (Å²) in [5.74, 6) is 0.941. The predicted molar refractivity (Wildman–Crippen MR) is 66.1 cm³/mol. The molecule has 1 fully saturated rings. The minimum Gasteiger partial charge on any atom is -0.368 e. The fourth-order valence-electron chi connectivity index (χ4n) is 1.83. The zero-order chi connectivity index (χ0) is 10.5. The standard InChI is InChI=1S/C11H16BrN3/c12-10-5-3-6-11(15-10)14-8-9-4-1-2-7-13-9/h3,5-6,9,13H,1-2,4,7-8H2,(H,14,15). The first-order valence-electron chi connectivity index (χ1n) is 5.44. The van der Waals surface area contributed by atoms with Crippen molar-refractivity contribution >= 4 is 21.7 Å². The molecule has 1 aliphatic heterocycles. The highest BCUT2D eigenvalue weighted by Crippen LogP contribution is 2.11. The number of aromatic nitrogens is 1. The zero-order valence-corrected chi connectivity index (χ0v) is 10.3. The fraction of sp³-hybridized carbons (Fsp3) is 0.545. The van der Waals surface area contributed by atoms with E-state index in [9.17, 15) is 0 Å². The van der Waals surface area contributed by atoms with E-state index in [4.69, 9.17) is 0 Å². The minimum atomic E-state index is 0.597. The van der Waals surface area contributed by atoms with Gasteiger partial charge in [0.1, 0.15) is 10.4 Å². The van der Waals surface area contributed by atoms with Crippen molar-refractivity contribution in [2.24, 2.45) is 0 Å². The summed E-state index contributed by atoms with van der Waals surface area (Å²) in [6.07, 6.45) is 3.91. The molecule has 0 radical (unpaired) electrons. The van der Waals surface area contributed by atoms with Gasteiger partial charge in [0, 0.05) is 12.6 Å². The highest BCUT2D eigenvalue weighted by Gasteiger charge is 2.11. The van der Waals surface area contributed by atoms with Gasteiger partial charge in [0.25, 0.3) is 0 Å². The molecule has 0 aromatic carbocycles. The van der Waals surface area contributed by atoms with Crippen molar-refractivity contribution in [3.05, 3.63) is 22.8 Å². The second-order valence-corrected chi connectivity index (χ2v) is 4.69. The van der Waals surface area contributed by atoms with E-state index in [-0.39, 0.29) is 0 Å². The number of piperidine rings is 1. The SMILES string of the molecule is Brc1cccc(NCC2CCCCN2)n1. The van der Waals surface area contributed by atoms with E-state index >= 15 is 0 Å². The van der Waals surface area contributed by atoms with Crippen molar-refractivity contribution in [1.82, 2.24) is 10.3 Å². The molecular weight excluding hydrogens is 254 g/mol. The lowest BCUT2D eigenvalue weighted by Gasteiger charge is -2.23. The molecule has 82 valence electrons. The summed E-state index contributed by atoms with van der Waals surface area (Å²) in [5.41, 5.74) is 0. The third-order valence-electron chi connectivity index (χ3n) is 2.66. The Bertz CT molecular complexity index is 310. The molecule has 1 atom stereocenters. The van der Waals surface area contributed by atoms with E-state index in [1.54, 1.807) is 0 Å². The van der Waals surface area contributed by atoms with Crippen LogP contribution in [0, 0.1) is 0 Å². The van der Waals surface area contributed by atoms with Gasteiger partial charge in [-0.2, -0.15) is 0 Å². The molecule has 2 heterocycles. The van der Waals surface area contributed by atoms with E-state index in [1.807, 2.05) is 18.2 Å². The van der Waals surface area contributed by atoms with Crippen LogP contribution >= 0.6 is 15.9 Å². The Morgan fingerprint density at radius 2 is 2.40 bits per heavy atom. The van der Waals surface area contributed by atoms with E-state index < -0.39 is 0 Å². The van der Waals surface area contributed by atoms with Gasteiger partial charge in [0.05, 0.1) is 0 Å². The van der Waals surface area contributed by atoms with Gasteiger partial charge < -0.3 is 10.6 Å². The van der Waals surface area contributed by atoms with Crippen LogP contribution < -0.4 is 10.6 Å². The molecule has 1 aliphatic rings. The van der Waals surface area contributed by atoms with Crippen LogP contribution in [0.15, 0.2) is 22.8 Å². The number of rotatable bonds is 3. The fourth-order valence-corrected chi connectivity index (χ4v) is 2.18. The van der Waals surface area contributed by atoms with Crippen LogP contribution in [0.25, 0.3) is 0 Å². The summed E-state index contributed by atoms with van der Waals surface area (Å²) < 4.78 is 0.879. The van der Waals surface area contributed by atoms with E-state index in [0.717, 1.165) is 23.5 Å². The third-order valence-corrected chi connectivity index (χ3v) is 3.10. The molecule has 0 aliphatic carbocycles. The minimum absolute atomic E-state index is 0.597. The maximum absolute atomic E-state index is 4.34. The van der Waals surface area contributed by atoms with Crippen LogP contribution in [0.3, 0.4) is 0 Å². The molecule has 1 saturated heterocycles. The van der Waals surface area contributed by atoms with Crippen molar-refractivity contribution in [2.45, 2.75) is 25.3 Å². The molecule has 0 spiro atoms. The Labute approximate surface area is 98.8 Å². The molecular formula is C11H16BrN3. The van der Waals surface area contributed by atoms with Crippen LogP contribution in [-0.4, -0.2) is 24.1 Å². The lowest BCUT2D eigenvalue weighted by atomic mass is 10.1. The molecule has 0 amide bonds. The number of pyridine rings is 1. The predicted octanol–water partition coefficient (Wildman–Crippen LogP) is 2.40. The molecule has 4 heteroatoms. The van der Waals surface area contributed by atoms with Gasteiger partial charge >= 0.3 is 0 Å². The topological polar surface area (TPSA) is 37.0 Å². The molecule has 0 bridgehead atoms. The number of hydrogen-bond donors (Lipinski definition) is 2. The number of nitrogens with one attached hydrogen (secondary N) is 2. The van der Waals surface area contributed by atoms with Crippen LogP contribution in [0.4, 0.5) is 5.82 Å². The average molecular weight is 270 g/mol. The van der Waals surface area contributed by atoms with Crippen LogP contribution in [0.5, 0.6) is 0 Å². The summed E-state index contributed by atoms with van der Waals surface area (Å²) in [7, 11) is 0. The smallest absolute Gasteiger partial charge is 0.127 e. The van der Waals surface area contributed by atoms with E-state index in [0.29, 0.717) is 6.04 Å². The summed E-state index contributed by atoms with van der Waals surface area (Å²) in [6, 6.07) is 6.52. The third kappa shape index (κ3) is 3.47. The second kappa shape index (κ2) is 5.47. The van der Waals surface area contributed by atoms with Crippen LogP contribution in [0.1, 0.15) is 19.3 Å². The lowest BCUT2D eigenvalue weighted by Crippen LogP contribution is -2.39. The Morgan fingerprint density at radius 1 is 1.47 bits per heavy atom. The maximum atomic E-state index is 4.34. The first-order chi connectivity index (χ1) is 7.34. The Morgan fingerprint density at radius 3 is 3.13 bits per heavy atom. The zero-order valence-electron chi connectivity index (χ0n) is 8.67. The van der Waals surface area contributed by atoms with Crippen molar-refractivity contribution in [2.75, 3.05) is 18.4 Å². The summed E-state index contributed by atoms with van der Waals surface area (Å²) in [5, 5.41) is 6.85. The van der Waals surface area contributed by atoms with Crippen molar-refractivity contribution in [1.29, 1.82) is 0 Å². The Kier molecular flexibility index (Phi) is 3.97. The number of hydrogen-bond acceptors (Lipinski definition) is 3. The number of nitrogens with zero attached hydrogens (tertiary/aromatic N) is 1. The normalized spacial score (nSPS) is 21.3. The van der Waals surface area contributed by atoms with Crippen LogP contribution in [0.2, 0.25) is 0 Å².